The minimum absolute atomic E-state index is 0.0333. The fraction of sp³-hybridized carbons (Fsp3) is 0.556. The van der Waals surface area contributed by atoms with Crippen LogP contribution in [0.5, 0.6) is 11.5 Å². The molecule has 0 unspecified atom stereocenters. The molecule has 2 aliphatic carbocycles. The first-order valence-electron chi connectivity index (χ1n) is 8.60. The molecule has 126 valence electrons. The third kappa shape index (κ3) is 1.95. The highest BCUT2D eigenvalue weighted by atomic mass is 16.5. The first-order valence-corrected chi connectivity index (χ1v) is 8.60. The van der Waals surface area contributed by atoms with Gasteiger partial charge in [0.2, 0.25) is 5.91 Å². The Hall–Kier alpha value is -2.24. The zero-order chi connectivity index (χ0) is 16.5. The number of amides is 3. The summed E-state index contributed by atoms with van der Waals surface area (Å²) < 4.78 is 12.1. The number of benzene rings is 1. The quantitative estimate of drug-likeness (QED) is 0.860. The van der Waals surface area contributed by atoms with Crippen LogP contribution in [0, 0.1) is 6.92 Å². The molecule has 3 fully saturated rings. The van der Waals surface area contributed by atoms with Crippen molar-refractivity contribution in [1.29, 1.82) is 0 Å². The largest absolute Gasteiger partial charge is 0.492 e. The normalized spacial score (nSPS) is 29.1. The second-order valence-corrected chi connectivity index (χ2v) is 7.49. The van der Waals surface area contributed by atoms with E-state index in [0.717, 1.165) is 36.5 Å². The van der Waals surface area contributed by atoms with Crippen LogP contribution in [-0.2, 0) is 10.2 Å². The van der Waals surface area contributed by atoms with Crippen LogP contribution in [0.15, 0.2) is 12.1 Å². The third-order valence-electron chi connectivity index (χ3n) is 5.71. The van der Waals surface area contributed by atoms with Gasteiger partial charge in [-0.3, -0.25) is 9.69 Å². The summed E-state index contributed by atoms with van der Waals surface area (Å²) >= 11 is 0. The van der Waals surface area contributed by atoms with Gasteiger partial charge in [-0.2, -0.15) is 0 Å². The highest BCUT2D eigenvalue weighted by Gasteiger charge is 2.53. The van der Waals surface area contributed by atoms with Crippen molar-refractivity contribution in [2.24, 2.45) is 0 Å². The maximum atomic E-state index is 11.8. The van der Waals surface area contributed by atoms with Crippen LogP contribution < -0.4 is 14.8 Å². The average molecular weight is 328 g/mol. The molecule has 0 atom stereocenters. The molecule has 1 aromatic rings. The van der Waals surface area contributed by atoms with Crippen LogP contribution in [0.25, 0.3) is 0 Å². The molecule has 4 aliphatic rings. The summed E-state index contributed by atoms with van der Waals surface area (Å²) in [5.41, 5.74) is 2.53. The number of aryl methyl sites for hydroxylation is 1. The number of carbonyl (C=O) groups is 2. The average Bonchev–Trinajstić information content (AvgIpc) is 3.09. The number of imide groups is 1. The Bertz CT molecular complexity index is 734. The Morgan fingerprint density at radius 3 is 2.75 bits per heavy atom. The second-order valence-electron chi connectivity index (χ2n) is 7.49. The molecule has 2 aliphatic heterocycles. The zero-order valence-corrected chi connectivity index (χ0v) is 13.6. The standard InChI is InChI=1S/C18H20N2O4/c1-10-4-13-16(18(2-3-18)9-23-13)14(5-10)24-12-6-11(7-12)20-15(21)8-19-17(20)22/h4-5,11-12H,2-3,6-9H2,1H3,(H,19,22). The predicted octanol–water partition coefficient (Wildman–Crippen LogP) is 1.88. The highest BCUT2D eigenvalue weighted by Crippen LogP contribution is 2.59. The van der Waals surface area contributed by atoms with Gasteiger partial charge >= 0.3 is 6.03 Å². The topological polar surface area (TPSA) is 67.9 Å². The lowest BCUT2D eigenvalue weighted by molar-refractivity contribution is -0.129. The maximum Gasteiger partial charge on any atom is 0.324 e. The van der Waals surface area contributed by atoms with Crippen LogP contribution in [-0.4, -0.2) is 42.1 Å². The first-order chi connectivity index (χ1) is 11.6. The van der Waals surface area contributed by atoms with Gasteiger partial charge in [-0.05, 0) is 37.5 Å². The molecule has 1 spiro atoms. The van der Waals surface area contributed by atoms with Gasteiger partial charge in [-0.15, -0.1) is 0 Å². The Labute approximate surface area is 140 Å². The van der Waals surface area contributed by atoms with E-state index in [2.05, 4.69) is 17.4 Å². The molecule has 2 saturated carbocycles. The minimum atomic E-state index is -0.273. The Morgan fingerprint density at radius 1 is 1.29 bits per heavy atom. The lowest BCUT2D eigenvalue weighted by atomic mass is 9.87. The molecule has 24 heavy (non-hydrogen) atoms. The van der Waals surface area contributed by atoms with E-state index in [1.807, 2.05) is 6.92 Å². The predicted molar refractivity (Wildman–Crippen MR) is 85.3 cm³/mol. The summed E-state index contributed by atoms with van der Waals surface area (Å²) in [6, 6.07) is 3.87. The van der Waals surface area contributed by atoms with Gasteiger partial charge in [0, 0.05) is 29.9 Å². The van der Waals surface area contributed by atoms with Crippen LogP contribution in [0.2, 0.25) is 0 Å². The van der Waals surface area contributed by atoms with Gasteiger partial charge in [-0.1, -0.05) is 0 Å². The van der Waals surface area contributed by atoms with Crippen molar-refractivity contribution in [2.45, 2.75) is 50.2 Å². The summed E-state index contributed by atoms with van der Waals surface area (Å²) in [6.45, 7) is 2.93. The lowest BCUT2D eigenvalue weighted by Crippen LogP contribution is -2.51. The van der Waals surface area contributed by atoms with Crippen molar-refractivity contribution in [3.8, 4) is 11.5 Å². The van der Waals surface area contributed by atoms with E-state index in [1.54, 1.807) is 0 Å². The number of nitrogens with one attached hydrogen (secondary N) is 1. The van der Waals surface area contributed by atoms with Crippen molar-refractivity contribution < 1.29 is 19.1 Å². The number of urea groups is 1. The number of carbonyl (C=O) groups excluding carboxylic acids is 2. The molecule has 1 saturated heterocycles. The van der Waals surface area contributed by atoms with E-state index < -0.39 is 0 Å². The molecule has 1 aromatic carbocycles. The summed E-state index contributed by atoms with van der Waals surface area (Å²) in [5.74, 6) is 1.76. The molecule has 0 aromatic heterocycles. The summed E-state index contributed by atoms with van der Waals surface area (Å²) in [5, 5.41) is 2.57. The number of hydrogen-bond acceptors (Lipinski definition) is 4. The van der Waals surface area contributed by atoms with Crippen molar-refractivity contribution >= 4 is 11.9 Å². The van der Waals surface area contributed by atoms with E-state index in [4.69, 9.17) is 9.47 Å². The van der Waals surface area contributed by atoms with E-state index in [0.29, 0.717) is 12.8 Å². The summed E-state index contributed by atoms with van der Waals surface area (Å²) in [7, 11) is 0. The summed E-state index contributed by atoms with van der Waals surface area (Å²) in [6.07, 6.45) is 3.79. The SMILES string of the molecule is Cc1cc2c(c(OC3CC(N4C(=O)CNC4=O)C3)c1)C1(CC1)CO2. The van der Waals surface area contributed by atoms with Gasteiger partial charge in [-0.25, -0.2) is 4.79 Å². The molecular formula is C18H20N2O4. The first kappa shape index (κ1) is 14.1. The van der Waals surface area contributed by atoms with E-state index in [-0.39, 0.29) is 36.0 Å². The molecule has 3 amide bonds. The fourth-order valence-corrected chi connectivity index (χ4v) is 4.11. The van der Waals surface area contributed by atoms with Crippen molar-refractivity contribution in [1.82, 2.24) is 10.2 Å². The maximum absolute atomic E-state index is 11.8. The van der Waals surface area contributed by atoms with Gasteiger partial charge < -0.3 is 14.8 Å². The summed E-state index contributed by atoms with van der Waals surface area (Å²) in [4.78, 5) is 24.8. The number of rotatable bonds is 3. The van der Waals surface area contributed by atoms with E-state index >= 15 is 0 Å². The van der Waals surface area contributed by atoms with E-state index in [1.165, 1.54) is 10.5 Å². The van der Waals surface area contributed by atoms with Crippen molar-refractivity contribution in [2.75, 3.05) is 13.2 Å². The Balaban J connectivity index is 1.32. The van der Waals surface area contributed by atoms with Crippen LogP contribution >= 0.6 is 0 Å². The van der Waals surface area contributed by atoms with Crippen molar-refractivity contribution in [3.05, 3.63) is 23.3 Å². The number of ether oxygens (including phenoxy) is 2. The van der Waals surface area contributed by atoms with Gasteiger partial charge in [0.05, 0.1) is 13.2 Å². The van der Waals surface area contributed by atoms with E-state index in [9.17, 15) is 9.59 Å². The van der Waals surface area contributed by atoms with Crippen LogP contribution in [0.3, 0.4) is 0 Å². The number of fused-ring (bicyclic) bond motifs is 2. The van der Waals surface area contributed by atoms with Gasteiger partial charge in [0.25, 0.3) is 0 Å². The molecule has 2 heterocycles. The molecule has 6 nitrogen and oxygen atoms in total. The molecular weight excluding hydrogens is 308 g/mol. The fourth-order valence-electron chi connectivity index (χ4n) is 4.11. The van der Waals surface area contributed by atoms with Crippen molar-refractivity contribution in [3.63, 3.8) is 0 Å². The molecule has 0 radical (unpaired) electrons. The van der Waals surface area contributed by atoms with Crippen LogP contribution in [0.4, 0.5) is 4.79 Å². The minimum Gasteiger partial charge on any atom is -0.492 e. The number of nitrogens with zero attached hydrogens (tertiary/aromatic N) is 1. The van der Waals surface area contributed by atoms with Gasteiger partial charge in [0.1, 0.15) is 17.6 Å². The second kappa shape index (κ2) is 4.65. The molecule has 1 N–H and O–H groups in total. The third-order valence-corrected chi connectivity index (χ3v) is 5.71. The molecule has 6 heteroatoms. The molecule has 0 bridgehead atoms. The zero-order valence-electron chi connectivity index (χ0n) is 13.6. The number of hydrogen-bond donors (Lipinski definition) is 1. The lowest BCUT2D eigenvalue weighted by Gasteiger charge is -2.39. The van der Waals surface area contributed by atoms with Gasteiger partial charge in [0.15, 0.2) is 0 Å². The Morgan fingerprint density at radius 2 is 2.08 bits per heavy atom. The molecule has 5 rings (SSSR count). The van der Waals surface area contributed by atoms with Crippen LogP contribution in [0.1, 0.15) is 36.8 Å². The smallest absolute Gasteiger partial charge is 0.324 e. The monoisotopic (exact) mass is 328 g/mol. The highest BCUT2D eigenvalue weighted by molar-refractivity contribution is 6.02. The Kier molecular flexibility index (Phi) is 2.74.